The van der Waals surface area contributed by atoms with Crippen LogP contribution in [0.15, 0.2) is 18.5 Å². The molecule has 1 heterocycles. The summed E-state index contributed by atoms with van der Waals surface area (Å²) in [7, 11) is 0. The molecule has 0 atom stereocenters. The third-order valence-electron chi connectivity index (χ3n) is 3.05. The second-order valence-corrected chi connectivity index (χ2v) is 4.13. The van der Waals surface area contributed by atoms with E-state index in [-0.39, 0.29) is 5.92 Å². The first-order valence-electron chi connectivity index (χ1n) is 5.38. The zero-order valence-electron chi connectivity index (χ0n) is 8.57. The average molecular weight is 208 g/mol. The number of aliphatic carboxylic acids is 1. The van der Waals surface area contributed by atoms with Crippen LogP contribution in [0.5, 0.6) is 0 Å². The molecule has 15 heavy (non-hydrogen) atoms. The molecule has 0 bridgehead atoms. The molecule has 0 amide bonds. The summed E-state index contributed by atoms with van der Waals surface area (Å²) in [5, 5.41) is 12.3. The normalized spacial score (nSPS) is 26.1. The van der Waals surface area contributed by atoms with Crippen LogP contribution in [0.3, 0.4) is 0 Å². The fourth-order valence-electron chi connectivity index (χ4n) is 2.13. The maximum atomic E-state index is 10.8. The zero-order valence-corrected chi connectivity index (χ0v) is 8.57. The number of aromatic amines is 1. The van der Waals surface area contributed by atoms with E-state index >= 15 is 0 Å². The molecule has 1 saturated carbocycles. The van der Waals surface area contributed by atoms with Gasteiger partial charge in [-0.3, -0.25) is 4.79 Å². The van der Waals surface area contributed by atoms with Crippen LogP contribution in [0.1, 0.15) is 25.7 Å². The topological polar surface area (TPSA) is 65.1 Å². The smallest absolute Gasteiger partial charge is 0.306 e. The lowest BCUT2D eigenvalue weighted by atomic mass is 9.86. The number of carbonyl (C=O) groups is 1. The lowest BCUT2D eigenvalue weighted by molar-refractivity contribution is -0.142. The number of hydrogen-bond donors (Lipinski definition) is 3. The largest absolute Gasteiger partial charge is 0.481 e. The Morgan fingerprint density at radius 2 is 2.13 bits per heavy atom. The van der Waals surface area contributed by atoms with Gasteiger partial charge in [0.15, 0.2) is 0 Å². The highest BCUT2D eigenvalue weighted by molar-refractivity contribution is 5.70. The van der Waals surface area contributed by atoms with Gasteiger partial charge in [0.05, 0.1) is 11.6 Å². The summed E-state index contributed by atoms with van der Waals surface area (Å²) in [6.45, 7) is 0. The van der Waals surface area contributed by atoms with Gasteiger partial charge in [0.2, 0.25) is 0 Å². The van der Waals surface area contributed by atoms with Crippen molar-refractivity contribution in [2.75, 3.05) is 5.32 Å². The number of aromatic nitrogens is 1. The van der Waals surface area contributed by atoms with E-state index < -0.39 is 5.97 Å². The first-order valence-corrected chi connectivity index (χ1v) is 5.38. The van der Waals surface area contributed by atoms with E-state index in [9.17, 15) is 4.79 Å². The van der Waals surface area contributed by atoms with Crippen molar-refractivity contribution in [3.05, 3.63) is 18.5 Å². The summed E-state index contributed by atoms with van der Waals surface area (Å²) in [4.78, 5) is 13.7. The van der Waals surface area contributed by atoms with Gasteiger partial charge in [0.25, 0.3) is 0 Å². The van der Waals surface area contributed by atoms with Crippen molar-refractivity contribution in [3.63, 3.8) is 0 Å². The van der Waals surface area contributed by atoms with Crippen molar-refractivity contribution < 1.29 is 9.90 Å². The minimum atomic E-state index is -0.643. The van der Waals surface area contributed by atoms with Crippen LogP contribution < -0.4 is 5.32 Å². The Morgan fingerprint density at radius 1 is 1.40 bits per heavy atom. The number of hydrogen-bond acceptors (Lipinski definition) is 2. The van der Waals surface area contributed by atoms with Gasteiger partial charge in [-0.2, -0.15) is 0 Å². The molecule has 0 saturated heterocycles. The quantitative estimate of drug-likeness (QED) is 0.712. The number of H-pyrrole nitrogens is 1. The molecule has 0 spiro atoms. The fraction of sp³-hybridized carbons (Fsp3) is 0.545. The van der Waals surface area contributed by atoms with Gasteiger partial charge >= 0.3 is 5.97 Å². The van der Waals surface area contributed by atoms with Gasteiger partial charge < -0.3 is 15.4 Å². The van der Waals surface area contributed by atoms with Crippen molar-refractivity contribution in [1.29, 1.82) is 0 Å². The SMILES string of the molecule is O=C(O)C1CCC(Nc2cc[nH]c2)CC1. The first kappa shape index (κ1) is 10.1. The van der Waals surface area contributed by atoms with Gasteiger partial charge in [-0.15, -0.1) is 0 Å². The van der Waals surface area contributed by atoms with Crippen LogP contribution in [-0.4, -0.2) is 22.1 Å². The van der Waals surface area contributed by atoms with Crippen molar-refractivity contribution in [2.45, 2.75) is 31.7 Å². The highest BCUT2D eigenvalue weighted by Crippen LogP contribution is 2.26. The lowest BCUT2D eigenvalue weighted by Gasteiger charge is -2.27. The molecule has 82 valence electrons. The summed E-state index contributed by atoms with van der Waals surface area (Å²) in [5.74, 6) is -0.774. The van der Waals surface area contributed by atoms with Crippen LogP contribution in [0.25, 0.3) is 0 Å². The third kappa shape index (κ3) is 2.52. The van der Waals surface area contributed by atoms with E-state index in [1.54, 1.807) is 0 Å². The molecule has 0 aliphatic heterocycles. The van der Waals surface area contributed by atoms with Crippen molar-refractivity contribution in [1.82, 2.24) is 4.98 Å². The van der Waals surface area contributed by atoms with Crippen molar-refractivity contribution >= 4 is 11.7 Å². The zero-order chi connectivity index (χ0) is 10.7. The van der Waals surface area contributed by atoms with Crippen LogP contribution >= 0.6 is 0 Å². The van der Waals surface area contributed by atoms with E-state index in [0.717, 1.165) is 31.4 Å². The molecule has 2 rings (SSSR count). The Bertz CT molecular complexity index is 313. The number of nitrogens with one attached hydrogen (secondary N) is 2. The minimum Gasteiger partial charge on any atom is -0.481 e. The summed E-state index contributed by atoms with van der Waals surface area (Å²) < 4.78 is 0. The van der Waals surface area contributed by atoms with E-state index in [1.165, 1.54) is 0 Å². The highest BCUT2D eigenvalue weighted by Gasteiger charge is 2.25. The maximum absolute atomic E-state index is 10.8. The molecule has 1 aromatic rings. The number of carboxylic acid groups (broad SMARTS) is 1. The van der Waals surface area contributed by atoms with E-state index in [0.29, 0.717) is 6.04 Å². The number of anilines is 1. The molecular weight excluding hydrogens is 192 g/mol. The molecule has 1 aliphatic carbocycles. The second kappa shape index (κ2) is 4.38. The van der Waals surface area contributed by atoms with E-state index in [2.05, 4.69) is 10.3 Å². The molecular formula is C11H16N2O2. The predicted molar refractivity (Wildman–Crippen MR) is 57.8 cm³/mol. The molecule has 1 fully saturated rings. The molecule has 0 radical (unpaired) electrons. The monoisotopic (exact) mass is 208 g/mol. The Kier molecular flexibility index (Phi) is 2.94. The van der Waals surface area contributed by atoms with Crippen molar-refractivity contribution in [3.8, 4) is 0 Å². The molecule has 4 heteroatoms. The molecule has 4 nitrogen and oxygen atoms in total. The lowest BCUT2D eigenvalue weighted by Crippen LogP contribution is -2.29. The van der Waals surface area contributed by atoms with Gasteiger partial charge in [-0.1, -0.05) is 0 Å². The van der Waals surface area contributed by atoms with Crippen molar-refractivity contribution in [2.24, 2.45) is 5.92 Å². The summed E-state index contributed by atoms with van der Waals surface area (Å²) in [6.07, 6.45) is 7.27. The molecule has 0 aromatic carbocycles. The highest BCUT2D eigenvalue weighted by atomic mass is 16.4. The Hall–Kier alpha value is -1.45. The fourth-order valence-corrected chi connectivity index (χ4v) is 2.13. The van der Waals surface area contributed by atoms with Gasteiger partial charge in [-0.05, 0) is 31.7 Å². The van der Waals surface area contributed by atoms with Gasteiger partial charge in [0, 0.05) is 18.4 Å². The molecule has 1 aliphatic rings. The third-order valence-corrected chi connectivity index (χ3v) is 3.05. The van der Waals surface area contributed by atoms with E-state index in [4.69, 9.17) is 5.11 Å². The standard InChI is InChI=1S/C11H16N2O2/c14-11(15)8-1-3-9(4-2-8)13-10-5-6-12-7-10/h5-9,12-13H,1-4H2,(H,14,15). The summed E-state index contributed by atoms with van der Waals surface area (Å²) >= 11 is 0. The first-order chi connectivity index (χ1) is 7.25. The minimum absolute atomic E-state index is 0.130. The molecule has 3 N–H and O–H groups in total. The maximum Gasteiger partial charge on any atom is 0.306 e. The van der Waals surface area contributed by atoms with Crippen LogP contribution in [0, 0.1) is 5.92 Å². The number of rotatable bonds is 3. The Labute approximate surface area is 88.7 Å². The van der Waals surface area contributed by atoms with Crippen LogP contribution in [-0.2, 0) is 4.79 Å². The van der Waals surface area contributed by atoms with Gasteiger partial charge in [0.1, 0.15) is 0 Å². The molecule has 1 aromatic heterocycles. The Morgan fingerprint density at radius 3 is 2.67 bits per heavy atom. The Balaban J connectivity index is 1.81. The predicted octanol–water partition coefficient (Wildman–Crippen LogP) is 2.07. The second-order valence-electron chi connectivity index (χ2n) is 4.13. The summed E-state index contributed by atoms with van der Waals surface area (Å²) in [5.41, 5.74) is 1.09. The average Bonchev–Trinajstić information content (AvgIpc) is 2.71. The van der Waals surface area contributed by atoms with Crippen LogP contribution in [0.4, 0.5) is 5.69 Å². The number of carboxylic acids is 1. The summed E-state index contributed by atoms with van der Waals surface area (Å²) in [6, 6.07) is 2.42. The van der Waals surface area contributed by atoms with Gasteiger partial charge in [-0.25, -0.2) is 0 Å². The molecule has 0 unspecified atom stereocenters. The van der Waals surface area contributed by atoms with Crippen LogP contribution in [0.2, 0.25) is 0 Å². The van der Waals surface area contributed by atoms with E-state index in [1.807, 2.05) is 18.5 Å².